The minimum atomic E-state index is -0.763. The molecule has 0 unspecified atom stereocenters. The van der Waals surface area contributed by atoms with Gasteiger partial charge in [0.1, 0.15) is 11.4 Å². The summed E-state index contributed by atoms with van der Waals surface area (Å²) in [6, 6.07) is 6.74. The molecule has 1 aromatic carbocycles. The molecule has 0 aliphatic heterocycles. The molecule has 0 aliphatic rings. The summed E-state index contributed by atoms with van der Waals surface area (Å²) >= 11 is 1.57. The van der Waals surface area contributed by atoms with Gasteiger partial charge in [-0.1, -0.05) is 6.07 Å². The molecule has 8 heteroatoms. The van der Waals surface area contributed by atoms with E-state index in [2.05, 4.69) is 5.32 Å². The Labute approximate surface area is 136 Å². The van der Waals surface area contributed by atoms with Crippen molar-refractivity contribution in [2.24, 2.45) is 0 Å². The van der Waals surface area contributed by atoms with Gasteiger partial charge in [-0.3, -0.25) is 14.9 Å². The van der Waals surface area contributed by atoms with Crippen LogP contribution in [0.4, 0.5) is 10.1 Å². The second-order valence-corrected chi connectivity index (χ2v) is 6.10. The number of carbonyl (C=O) groups is 1. The van der Waals surface area contributed by atoms with Crippen molar-refractivity contribution in [3.05, 3.63) is 62.1 Å². The molecule has 1 amide bonds. The molecule has 0 bridgehead atoms. The Bertz CT molecular complexity index is 704. The molecule has 6 nitrogen and oxygen atoms in total. The van der Waals surface area contributed by atoms with E-state index in [4.69, 9.17) is 0 Å². The van der Waals surface area contributed by atoms with Gasteiger partial charge in [0.15, 0.2) is 0 Å². The minimum Gasteiger partial charge on any atom is -0.350 e. The minimum absolute atomic E-state index is 0.0431. The van der Waals surface area contributed by atoms with E-state index in [0.29, 0.717) is 6.54 Å². The van der Waals surface area contributed by atoms with Crippen LogP contribution >= 0.6 is 11.3 Å². The maximum Gasteiger partial charge on any atom is 0.285 e. The van der Waals surface area contributed by atoms with Gasteiger partial charge >= 0.3 is 0 Å². The Morgan fingerprint density at radius 2 is 2.17 bits per heavy atom. The second-order valence-electron chi connectivity index (χ2n) is 5.12. The monoisotopic (exact) mass is 337 g/mol. The van der Waals surface area contributed by atoms with Gasteiger partial charge in [-0.05, 0) is 37.7 Å². The number of nitro groups is 1. The maximum absolute atomic E-state index is 13.1. The third-order valence-electron chi connectivity index (χ3n) is 3.35. The molecule has 122 valence electrons. The van der Waals surface area contributed by atoms with Crippen molar-refractivity contribution in [1.82, 2.24) is 10.2 Å². The maximum atomic E-state index is 13.1. The van der Waals surface area contributed by atoms with Crippen LogP contribution in [-0.4, -0.2) is 36.4 Å². The first-order valence-electron chi connectivity index (χ1n) is 6.82. The Hall–Kier alpha value is -2.32. The van der Waals surface area contributed by atoms with Crippen molar-refractivity contribution < 1.29 is 14.1 Å². The Morgan fingerprint density at radius 1 is 1.43 bits per heavy atom. The predicted molar refractivity (Wildman–Crippen MR) is 86.1 cm³/mol. The summed E-state index contributed by atoms with van der Waals surface area (Å²) in [6.45, 7) is 0.293. The van der Waals surface area contributed by atoms with Crippen LogP contribution in [0.5, 0.6) is 0 Å². The summed E-state index contributed by atoms with van der Waals surface area (Å²) < 4.78 is 13.1. The number of nitrogens with one attached hydrogen (secondary N) is 1. The first-order valence-corrected chi connectivity index (χ1v) is 7.70. The zero-order valence-electron chi connectivity index (χ0n) is 12.7. The van der Waals surface area contributed by atoms with Crippen molar-refractivity contribution in [1.29, 1.82) is 0 Å². The van der Waals surface area contributed by atoms with E-state index in [-0.39, 0.29) is 11.6 Å². The number of carbonyl (C=O) groups excluding carboxylic acids is 1. The van der Waals surface area contributed by atoms with E-state index in [0.717, 1.165) is 23.1 Å². The van der Waals surface area contributed by atoms with Gasteiger partial charge in [0.05, 0.1) is 17.0 Å². The first-order chi connectivity index (χ1) is 10.9. The van der Waals surface area contributed by atoms with Crippen LogP contribution in [0, 0.1) is 15.9 Å². The van der Waals surface area contributed by atoms with Gasteiger partial charge in [-0.15, -0.1) is 11.3 Å². The molecule has 0 spiro atoms. The highest BCUT2D eigenvalue weighted by molar-refractivity contribution is 7.10. The third-order valence-corrected chi connectivity index (χ3v) is 4.33. The van der Waals surface area contributed by atoms with Crippen LogP contribution < -0.4 is 5.32 Å². The van der Waals surface area contributed by atoms with E-state index < -0.39 is 22.3 Å². The SMILES string of the molecule is CN(C)[C@H](CNC(=O)c1ccc(F)cc1[N+](=O)[O-])c1cccs1. The number of nitro benzene ring substituents is 1. The Kier molecular flexibility index (Phi) is 5.41. The summed E-state index contributed by atoms with van der Waals surface area (Å²) in [6.07, 6.45) is 0. The molecule has 2 rings (SSSR count). The number of likely N-dealkylation sites (N-methyl/N-ethyl adjacent to an activating group) is 1. The predicted octanol–water partition coefficient (Wildman–Crippen LogP) is 2.83. The molecule has 1 N–H and O–H groups in total. The number of benzene rings is 1. The topological polar surface area (TPSA) is 75.5 Å². The fraction of sp³-hybridized carbons (Fsp3) is 0.267. The second kappa shape index (κ2) is 7.30. The summed E-state index contributed by atoms with van der Waals surface area (Å²) in [7, 11) is 3.77. The highest BCUT2D eigenvalue weighted by atomic mass is 32.1. The number of nitrogens with zero attached hydrogens (tertiary/aromatic N) is 2. The average molecular weight is 337 g/mol. The van der Waals surface area contributed by atoms with Crippen LogP contribution in [0.25, 0.3) is 0 Å². The first kappa shape index (κ1) is 17.0. The fourth-order valence-corrected chi connectivity index (χ4v) is 3.07. The van der Waals surface area contributed by atoms with E-state index in [9.17, 15) is 19.3 Å². The van der Waals surface area contributed by atoms with E-state index in [1.54, 1.807) is 11.3 Å². The van der Waals surface area contributed by atoms with Gasteiger partial charge in [-0.2, -0.15) is 0 Å². The molecule has 23 heavy (non-hydrogen) atoms. The van der Waals surface area contributed by atoms with Gasteiger partial charge in [0, 0.05) is 11.4 Å². The van der Waals surface area contributed by atoms with Crippen molar-refractivity contribution in [2.45, 2.75) is 6.04 Å². The van der Waals surface area contributed by atoms with Crippen LogP contribution in [0.1, 0.15) is 21.3 Å². The lowest BCUT2D eigenvalue weighted by molar-refractivity contribution is -0.385. The fourth-order valence-electron chi connectivity index (χ4n) is 2.15. The van der Waals surface area contributed by atoms with Crippen molar-refractivity contribution in [3.8, 4) is 0 Å². The Balaban J connectivity index is 2.14. The van der Waals surface area contributed by atoms with Gasteiger partial charge in [0.2, 0.25) is 0 Å². The molecular weight excluding hydrogens is 321 g/mol. The number of hydrogen-bond acceptors (Lipinski definition) is 5. The van der Waals surface area contributed by atoms with E-state index >= 15 is 0 Å². The van der Waals surface area contributed by atoms with Crippen molar-refractivity contribution in [3.63, 3.8) is 0 Å². The normalized spacial score (nSPS) is 12.2. The molecule has 1 heterocycles. The van der Waals surface area contributed by atoms with Crippen LogP contribution in [0.3, 0.4) is 0 Å². The summed E-state index contributed by atoms with van der Waals surface area (Å²) in [4.78, 5) is 25.4. The number of halogens is 1. The molecule has 0 aliphatic carbocycles. The molecule has 0 saturated carbocycles. The standard InChI is InChI=1S/C15H16FN3O3S/c1-18(2)13(14-4-3-7-23-14)9-17-15(20)11-6-5-10(16)8-12(11)19(21)22/h3-8,13H,9H2,1-2H3,(H,17,20)/t13-/m1/s1. The number of hydrogen-bond donors (Lipinski definition) is 1. The summed E-state index contributed by atoms with van der Waals surface area (Å²) in [5, 5.41) is 15.6. The lowest BCUT2D eigenvalue weighted by atomic mass is 10.1. The van der Waals surface area contributed by atoms with Gasteiger partial charge < -0.3 is 10.2 Å². The number of thiophene rings is 1. The highest BCUT2D eigenvalue weighted by Crippen LogP contribution is 2.23. The lowest BCUT2D eigenvalue weighted by Gasteiger charge is -2.23. The molecule has 0 saturated heterocycles. The molecule has 1 atom stereocenters. The van der Waals surface area contributed by atoms with Crippen LogP contribution in [0.15, 0.2) is 35.7 Å². The third kappa shape index (κ3) is 4.11. The zero-order chi connectivity index (χ0) is 17.0. The smallest absolute Gasteiger partial charge is 0.285 e. The highest BCUT2D eigenvalue weighted by Gasteiger charge is 2.22. The number of rotatable bonds is 6. The van der Waals surface area contributed by atoms with Gasteiger partial charge in [-0.25, -0.2) is 4.39 Å². The molecule has 1 aromatic heterocycles. The molecule has 2 aromatic rings. The van der Waals surface area contributed by atoms with E-state index in [1.807, 2.05) is 36.5 Å². The largest absolute Gasteiger partial charge is 0.350 e. The van der Waals surface area contributed by atoms with Crippen LogP contribution in [0.2, 0.25) is 0 Å². The van der Waals surface area contributed by atoms with Gasteiger partial charge in [0.25, 0.3) is 11.6 Å². The average Bonchev–Trinajstić information content (AvgIpc) is 3.00. The summed E-state index contributed by atoms with van der Waals surface area (Å²) in [5.74, 6) is -1.35. The summed E-state index contributed by atoms with van der Waals surface area (Å²) in [5.41, 5.74) is -0.694. The zero-order valence-corrected chi connectivity index (χ0v) is 13.5. The number of amides is 1. The molecular formula is C15H16FN3O3S. The Morgan fingerprint density at radius 3 is 2.74 bits per heavy atom. The van der Waals surface area contributed by atoms with E-state index in [1.165, 1.54) is 0 Å². The quantitative estimate of drug-likeness (QED) is 0.650. The lowest BCUT2D eigenvalue weighted by Crippen LogP contribution is -2.34. The molecule has 0 radical (unpaired) electrons. The van der Waals surface area contributed by atoms with Crippen LogP contribution in [-0.2, 0) is 0 Å². The molecule has 0 fully saturated rings. The van der Waals surface area contributed by atoms with Crippen molar-refractivity contribution >= 4 is 22.9 Å². The van der Waals surface area contributed by atoms with Crippen molar-refractivity contribution in [2.75, 3.05) is 20.6 Å².